The molecule has 92 valence electrons. The van der Waals surface area contributed by atoms with Crippen molar-refractivity contribution < 1.29 is 23.5 Å². The van der Waals surface area contributed by atoms with Gasteiger partial charge in [-0.15, -0.1) is 0 Å². The van der Waals surface area contributed by atoms with Crippen LogP contribution in [0.25, 0.3) is 0 Å². The summed E-state index contributed by atoms with van der Waals surface area (Å²) in [6, 6.07) is 2.89. The number of carboxylic acid groups (broad SMARTS) is 1. The molecule has 1 aromatic carbocycles. The molecule has 0 spiro atoms. The molecule has 0 aliphatic heterocycles. The van der Waals surface area contributed by atoms with Gasteiger partial charge in [0.2, 0.25) is 0 Å². The predicted molar refractivity (Wildman–Crippen MR) is 56.7 cm³/mol. The van der Waals surface area contributed by atoms with E-state index >= 15 is 0 Å². The topological polar surface area (TPSA) is 54.4 Å². The van der Waals surface area contributed by atoms with Gasteiger partial charge >= 0.3 is 5.97 Å². The Morgan fingerprint density at radius 2 is 1.88 bits per heavy atom. The number of aliphatic carboxylic acids is 1. The largest absolute Gasteiger partial charge is 0.481 e. The van der Waals surface area contributed by atoms with Crippen LogP contribution in [0.1, 0.15) is 30.1 Å². The minimum Gasteiger partial charge on any atom is -0.481 e. The average Bonchev–Trinajstić information content (AvgIpc) is 2.20. The predicted octanol–water partition coefficient (Wildman–Crippen LogP) is 2.65. The zero-order valence-corrected chi connectivity index (χ0v) is 9.24. The normalized spacial score (nSPS) is 12.2. The number of halogens is 2. The Hall–Kier alpha value is -1.78. The summed E-state index contributed by atoms with van der Waals surface area (Å²) in [5.41, 5.74) is 0.0566. The van der Waals surface area contributed by atoms with Gasteiger partial charge in [0.25, 0.3) is 0 Å². The number of hydrogen-bond acceptors (Lipinski definition) is 2. The first-order chi connectivity index (χ1) is 7.90. The first kappa shape index (κ1) is 13.3. The van der Waals surface area contributed by atoms with Crippen LogP contribution in [0.4, 0.5) is 8.78 Å². The van der Waals surface area contributed by atoms with Gasteiger partial charge in [-0.3, -0.25) is 9.59 Å². The zero-order valence-electron chi connectivity index (χ0n) is 9.24. The van der Waals surface area contributed by atoms with Crippen LogP contribution in [-0.2, 0) is 4.79 Å². The zero-order chi connectivity index (χ0) is 13.0. The Balaban J connectivity index is 2.70. The third-order valence-corrected chi connectivity index (χ3v) is 2.30. The van der Waals surface area contributed by atoms with Crippen LogP contribution in [-0.4, -0.2) is 16.9 Å². The molecule has 0 bridgehead atoms. The highest BCUT2D eigenvalue weighted by atomic mass is 19.2. The van der Waals surface area contributed by atoms with E-state index < -0.39 is 23.4 Å². The molecule has 0 aromatic heterocycles. The van der Waals surface area contributed by atoms with E-state index in [2.05, 4.69) is 0 Å². The van der Waals surface area contributed by atoms with Crippen molar-refractivity contribution in [1.82, 2.24) is 0 Å². The Kier molecular flexibility index (Phi) is 4.31. The fourth-order valence-corrected chi connectivity index (χ4v) is 1.47. The van der Waals surface area contributed by atoms with Crippen LogP contribution in [0, 0.1) is 17.6 Å². The first-order valence-electron chi connectivity index (χ1n) is 5.10. The third-order valence-electron chi connectivity index (χ3n) is 2.30. The summed E-state index contributed by atoms with van der Waals surface area (Å²) in [4.78, 5) is 22.0. The number of carboxylic acids is 1. The lowest BCUT2D eigenvalue weighted by atomic mass is 9.97. The fourth-order valence-electron chi connectivity index (χ4n) is 1.47. The molecule has 0 aliphatic carbocycles. The van der Waals surface area contributed by atoms with Crippen molar-refractivity contribution in [3.8, 4) is 0 Å². The van der Waals surface area contributed by atoms with E-state index in [1.807, 2.05) is 0 Å². The minimum absolute atomic E-state index is 0.00261. The Labute approximate surface area is 97.1 Å². The number of carbonyl (C=O) groups excluding carboxylic acids is 1. The van der Waals surface area contributed by atoms with Crippen LogP contribution in [0.15, 0.2) is 18.2 Å². The smallest absolute Gasteiger partial charge is 0.303 e. The highest BCUT2D eigenvalue weighted by molar-refractivity contribution is 5.96. The second kappa shape index (κ2) is 5.52. The van der Waals surface area contributed by atoms with Gasteiger partial charge in [-0.25, -0.2) is 8.78 Å². The highest BCUT2D eigenvalue weighted by Gasteiger charge is 2.15. The van der Waals surface area contributed by atoms with Crippen molar-refractivity contribution in [3.05, 3.63) is 35.4 Å². The lowest BCUT2D eigenvalue weighted by Crippen LogP contribution is -2.10. The van der Waals surface area contributed by atoms with Crippen LogP contribution >= 0.6 is 0 Å². The number of ketones is 1. The van der Waals surface area contributed by atoms with Crippen molar-refractivity contribution in [3.63, 3.8) is 0 Å². The molecule has 5 heteroatoms. The van der Waals surface area contributed by atoms with E-state index in [9.17, 15) is 18.4 Å². The van der Waals surface area contributed by atoms with Gasteiger partial charge in [-0.1, -0.05) is 6.92 Å². The van der Waals surface area contributed by atoms with Gasteiger partial charge < -0.3 is 5.11 Å². The molecule has 1 rings (SSSR count). The van der Waals surface area contributed by atoms with Crippen molar-refractivity contribution in [2.75, 3.05) is 0 Å². The van der Waals surface area contributed by atoms with E-state index in [1.165, 1.54) is 6.07 Å². The van der Waals surface area contributed by atoms with Gasteiger partial charge in [0.05, 0.1) is 0 Å². The summed E-state index contributed by atoms with van der Waals surface area (Å²) in [6.45, 7) is 1.62. The maximum atomic E-state index is 12.9. The lowest BCUT2D eigenvalue weighted by molar-refractivity contribution is -0.137. The number of rotatable bonds is 5. The van der Waals surface area contributed by atoms with Gasteiger partial charge in [-0.2, -0.15) is 0 Å². The molecular weight excluding hydrogens is 230 g/mol. The van der Waals surface area contributed by atoms with E-state index in [0.29, 0.717) is 0 Å². The van der Waals surface area contributed by atoms with Crippen molar-refractivity contribution in [2.24, 2.45) is 5.92 Å². The molecule has 0 radical (unpaired) electrons. The Bertz CT molecular complexity index is 443. The molecule has 3 nitrogen and oxygen atoms in total. The van der Waals surface area contributed by atoms with Gasteiger partial charge in [0.1, 0.15) is 0 Å². The maximum absolute atomic E-state index is 12.9. The van der Waals surface area contributed by atoms with Crippen molar-refractivity contribution >= 4 is 11.8 Å². The van der Waals surface area contributed by atoms with Gasteiger partial charge in [-0.05, 0) is 24.1 Å². The van der Waals surface area contributed by atoms with E-state index in [0.717, 1.165) is 12.1 Å². The SMILES string of the molecule is C[C@H](CC(=O)O)CC(=O)c1ccc(F)c(F)c1. The number of benzene rings is 1. The molecule has 1 atom stereocenters. The van der Waals surface area contributed by atoms with Crippen molar-refractivity contribution in [1.29, 1.82) is 0 Å². The fraction of sp³-hybridized carbons (Fsp3) is 0.333. The monoisotopic (exact) mass is 242 g/mol. The summed E-state index contributed by atoms with van der Waals surface area (Å²) in [5, 5.41) is 8.53. The van der Waals surface area contributed by atoms with E-state index in [1.54, 1.807) is 6.92 Å². The average molecular weight is 242 g/mol. The Morgan fingerprint density at radius 1 is 1.24 bits per heavy atom. The lowest BCUT2D eigenvalue weighted by Gasteiger charge is -2.07. The minimum atomic E-state index is -1.08. The molecule has 0 saturated heterocycles. The van der Waals surface area contributed by atoms with E-state index in [4.69, 9.17) is 5.11 Å². The number of hydrogen-bond donors (Lipinski definition) is 1. The number of Topliss-reactive ketones (excluding diaryl/α,β-unsaturated/α-hetero) is 1. The molecule has 0 aliphatic rings. The summed E-state index contributed by atoms with van der Waals surface area (Å²) < 4.78 is 25.5. The van der Waals surface area contributed by atoms with Gasteiger partial charge in [0.15, 0.2) is 17.4 Å². The summed E-state index contributed by atoms with van der Waals surface area (Å²) >= 11 is 0. The van der Waals surface area contributed by atoms with Crippen LogP contribution in [0.5, 0.6) is 0 Å². The highest BCUT2D eigenvalue weighted by Crippen LogP contribution is 2.15. The molecular formula is C12H12F2O3. The quantitative estimate of drug-likeness (QED) is 0.807. The molecule has 1 aromatic rings. The van der Waals surface area contributed by atoms with Gasteiger partial charge in [0, 0.05) is 18.4 Å². The second-order valence-electron chi connectivity index (χ2n) is 3.96. The molecule has 1 N–H and O–H groups in total. The molecule has 17 heavy (non-hydrogen) atoms. The summed E-state index contributed by atoms with van der Waals surface area (Å²) in [6.07, 6.45) is -0.132. The molecule has 0 amide bonds. The maximum Gasteiger partial charge on any atom is 0.303 e. The third kappa shape index (κ3) is 3.94. The second-order valence-corrected chi connectivity index (χ2v) is 3.96. The van der Waals surface area contributed by atoms with Crippen molar-refractivity contribution in [2.45, 2.75) is 19.8 Å². The van der Waals surface area contributed by atoms with Crippen LogP contribution in [0.2, 0.25) is 0 Å². The molecule has 0 heterocycles. The summed E-state index contributed by atoms with van der Waals surface area (Å²) in [7, 11) is 0. The first-order valence-corrected chi connectivity index (χ1v) is 5.10. The Morgan fingerprint density at radius 3 is 2.41 bits per heavy atom. The standard InChI is InChI=1S/C12H12F2O3/c1-7(5-12(16)17)4-11(15)8-2-3-9(13)10(14)6-8/h2-3,6-7H,4-5H2,1H3,(H,16,17)/t7-/m0/s1. The molecule has 0 unspecified atom stereocenters. The molecule has 0 saturated carbocycles. The van der Waals surface area contributed by atoms with E-state index in [-0.39, 0.29) is 24.3 Å². The molecule has 0 fully saturated rings. The summed E-state index contributed by atoms with van der Waals surface area (Å²) in [5.74, 6) is -3.82. The number of carbonyl (C=O) groups is 2. The van der Waals surface area contributed by atoms with Crippen LogP contribution < -0.4 is 0 Å². The van der Waals surface area contributed by atoms with Crippen LogP contribution in [0.3, 0.4) is 0 Å².